The van der Waals surface area contributed by atoms with Crippen molar-refractivity contribution < 1.29 is 14.3 Å². The second-order valence-electron chi connectivity index (χ2n) is 6.38. The highest BCUT2D eigenvalue weighted by Crippen LogP contribution is 2.33. The van der Waals surface area contributed by atoms with Gasteiger partial charge in [0.25, 0.3) is 11.5 Å². The minimum absolute atomic E-state index is 0.163. The molecular formula is C21H18N4O4S. The standard InChI is InChI=1S/C21H18N4O4S/c1-25-20(27)14-7-5-4-6-13(14)18(24-25)19(26)23-21-22-15(11-30-21)12-8-9-16(28-2)17(10-12)29-3/h4-11H,1-3H3,(H,22,23,26). The van der Waals surface area contributed by atoms with Crippen molar-refractivity contribution in [1.29, 1.82) is 0 Å². The molecular weight excluding hydrogens is 404 g/mol. The van der Waals surface area contributed by atoms with Crippen LogP contribution in [0, 0.1) is 0 Å². The average molecular weight is 422 g/mol. The van der Waals surface area contributed by atoms with Crippen LogP contribution in [0.25, 0.3) is 22.0 Å². The van der Waals surface area contributed by atoms with Crippen molar-refractivity contribution in [3.63, 3.8) is 0 Å². The number of thiazole rings is 1. The summed E-state index contributed by atoms with van der Waals surface area (Å²) in [6, 6.07) is 12.4. The molecule has 0 aliphatic rings. The van der Waals surface area contributed by atoms with Gasteiger partial charge < -0.3 is 9.47 Å². The van der Waals surface area contributed by atoms with E-state index in [-0.39, 0.29) is 11.3 Å². The van der Waals surface area contributed by atoms with Crippen LogP contribution >= 0.6 is 11.3 Å². The summed E-state index contributed by atoms with van der Waals surface area (Å²) < 4.78 is 11.8. The number of carbonyl (C=O) groups excluding carboxylic acids is 1. The van der Waals surface area contributed by atoms with Crippen LogP contribution in [0.1, 0.15) is 10.5 Å². The Morgan fingerprint density at radius 3 is 2.53 bits per heavy atom. The fraction of sp³-hybridized carbons (Fsp3) is 0.143. The third kappa shape index (κ3) is 3.50. The van der Waals surface area contributed by atoms with Gasteiger partial charge in [-0.2, -0.15) is 5.10 Å². The molecule has 0 saturated carbocycles. The van der Waals surface area contributed by atoms with Gasteiger partial charge in [-0.15, -0.1) is 11.3 Å². The fourth-order valence-corrected chi connectivity index (χ4v) is 3.80. The summed E-state index contributed by atoms with van der Waals surface area (Å²) in [5.41, 5.74) is 1.42. The molecule has 4 aromatic rings. The second-order valence-corrected chi connectivity index (χ2v) is 7.24. The lowest BCUT2D eigenvalue weighted by Gasteiger charge is -2.08. The van der Waals surface area contributed by atoms with Gasteiger partial charge in [-0.3, -0.25) is 14.9 Å². The first-order valence-corrected chi connectivity index (χ1v) is 9.85. The summed E-state index contributed by atoms with van der Waals surface area (Å²) >= 11 is 1.29. The molecule has 1 N–H and O–H groups in total. The highest BCUT2D eigenvalue weighted by molar-refractivity contribution is 7.14. The molecule has 1 amide bonds. The third-order valence-corrected chi connectivity index (χ3v) is 5.33. The van der Waals surface area contributed by atoms with Gasteiger partial charge >= 0.3 is 0 Å². The predicted octanol–water partition coefficient (Wildman–Crippen LogP) is 3.33. The lowest BCUT2D eigenvalue weighted by Crippen LogP contribution is -2.25. The molecule has 0 fully saturated rings. The highest BCUT2D eigenvalue weighted by Gasteiger charge is 2.17. The quantitative estimate of drug-likeness (QED) is 0.530. The van der Waals surface area contributed by atoms with Crippen LogP contribution in [0.2, 0.25) is 0 Å². The largest absolute Gasteiger partial charge is 0.493 e. The van der Waals surface area contributed by atoms with Crippen LogP contribution in [0.15, 0.2) is 52.6 Å². The molecule has 2 aromatic carbocycles. The first-order valence-electron chi connectivity index (χ1n) is 8.97. The molecule has 0 spiro atoms. The summed E-state index contributed by atoms with van der Waals surface area (Å²) in [6.45, 7) is 0. The van der Waals surface area contributed by atoms with E-state index in [2.05, 4.69) is 15.4 Å². The number of ether oxygens (including phenoxy) is 2. The zero-order valence-corrected chi connectivity index (χ0v) is 17.3. The van der Waals surface area contributed by atoms with Crippen LogP contribution in [0.3, 0.4) is 0 Å². The number of aryl methyl sites for hydroxylation is 1. The van der Waals surface area contributed by atoms with Crippen molar-refractivity contribution in [1.82, 2.24) is 14.8 Å². The smallest absolute Gasteiger partial charge is 0.278 e. The van der Waals surface area contributed by atoms with E-state index in [1.165, 1.54) is 18.4 Å². The monoisotopic (exact) mass is 422 g/mol. The van der Waals surface area contributed by atoms with E-state index >= 15 is 0 Å². The van der Waals surface area contributed by atoms with Crippen molar-refractivity contribution >= 4 is 33.1 Å². The van der Waals surface area contributed by atoms with Crippen molar-refractivity contribution in [3.05, 3.63) is 63.9 Å². The van der Waals surface area contributed by atoms with Gasteiger partial charge in [0.1, 0.15) is 0 Å². The SMILES string of the molecule is COc1ccc(-c2csc(NC(=O)c3nn(C)c(=O)c4ccccc34)n2)cc1OC. The van der Waals surface area contributed by atoms with Crippen LogP contribution < -0.4 is 20.3 Å². The molecule has 152 valence electrons. The van der Waals surface area contributed by atoms with Gasteiger partial charge in [0.05, 0.1) is 25.3 Å². The molecule has 0 saturated heterocycles. The molecule has 30 heavy (non-hydrogen) atoms. The number of hydrogen-bond acceptors (Lipinski definition) is 7. The number of aromatic nitrogens is 3. The Balaban J connectivity index is 1.64. The topological polar surface area (TPSA) is 95.3 Å². The van der Waals surface area contributed by atoms with Crippen molar-refractivity contribution in [3.8, 4) is 22.8 Å². The number of benzene rings is 2. The molecule has 0 radical (unpaired) electrons. The van der Waals surface area contributed by atoms with E-state index in [0.717, 1.165) is 10.2 Å². The first kappa shape index (κ1) is 19.6. The fourth-order valence-electron chi connectivity index (χ4n) is 3.08. The van der Waals surface area contributed by atoms with Gasteiger partial charge in [-0.05, 0) is 24.3 Å². The Bertz CT molecular complexity index is 1310. The van der Waals surface area contributed by atoms with Crippen molar-refractivity contribution in [2.75, 3.05) is 19.5 Å². The Kier molecular flexibility index (Phi) is 5.20. The number of anilines is 1. The molecule has 2 aromatic heterocycles. The predicted molar refractivity (Wildman–Crippen MR) is 116 cm³/mol. The number of nitrogens with one attached hydrogen (secondary N) is 1. The van der Waals surface area contributed by atoms with Gasteiger partial charge in [0.15, 0.2) is 22.3 Å². The molecule has 0 aliphatic carbocycles. The van der Waals surface area contributed by atoms with Crippen LogP contribution in [0.5, 0.6) is 11.5 Å². The Hall–Kier alpha value is -3.72. The molecule has 0 aliphatic heterocycles. The minimum Gasteiger partial charge on any atom is -0.493 e. The van der Waals surface area contributed by atoms with Crippen LogP contribution in [-0.4, -0.2) is 34.9 Å². The Morgan fingerprint density at radius 1 is 1.07 bits per heavy atom. The number of methoxy groups -OCH3 is 2. The van der Waals surface area contributed by atoms with E-state index in [1.54, 1.807) is 44.6 Å². The van der Waals surface area contributed by atoms with E-state index in [1.807, 2.05) is 17.5 Å². The normalized spacial score (nSPS) is 10.8. The number of carbonyl (C=O) groups is 1. The number of hydrogen-bond donors (Lipinski definition) is 1. The average Bonchev–Trinajstić information content (AvgIpc) is 3.24. The molecule has 4 rings (SSSR count). The zero-order valence-electron chi connectivity index (χ0n) is 16.5. The highest BCUT2D eigenvalue weighted by atomic mass is 32.1. The lowest BCUT2D eigenvalue weighted by atomic mass is 10.1. The molecule has 9 heteroatoms. The molecule has 8 nitrogen and oxygen atoms in total. The van der Waals surface area contributed by atoms with E-state index in [4.69, 9.17) is 9.47 Å². The lowest BCUT2D eigenvalue weighted by molar-refractivity contribution is 0.102. The zero-order chi connectivity index (χ0) is 21.3. The van der Waals surface area contributed by atoms with Crippen LogP contribution in [0.4, 0.5) is 5.13 Å². The maximum atomic E-state index is 12.9. The van der Waals surface area contributed by atoms with Crippen molar-refractivity contribution in [2.24, 2.45) is 7.05 Å². The maximum absolute atomic E-state index is 12.9. The summed E-state index contributed by atoms with van der Waals surface area (Å²) in [5.74, 6) is 0.780. The minimum atomic E-state index is -0.435. The third-order valence-electron chi connectivity index (χ3n) is 4.58. The molecule has 0 unspecified atom stereocenters. The van der Waals surface area contributed by atoms with Crippen LogP contribution in [-0.2, 0) is 7.05 Å². The van der Waals surface area contributed by atoms with E-state index < -0.39 is 5.91 Å². The Labute approximate surface area is 175 Å². The molecule has 2 heterocycles. The van der Waals surface area contributed by atoms with Gasteiger partial charge in [0, 0.05) is 23.4 Å². The summed E-state index contributed by atoms with van der Waals surface area (Å²) in [7, 11) is 4.66. The van der Waals surface area contributed by atoms with E-state index in [0.29, 0.717) is 33.1 Å². The molecule has 0 atom stereocenters. The number of rotatable bonds is 5. The van der Waals surface area contributed by atoms with Gasteiger partial charge in [0.2, 0.25) is 0 Å². The van der Waals surface area contributed by atoms with E-state index in [9.17, 15) is 9.59 Å². The van der Waals surface area contributed by atoms with Gasteiger partial charge in [-0.25, -0.2) is 9.67 Å². The summed E-state index contributed by atoms with van der Waals surface area (Å²) in [6.07, 6.45) is 0. The number of amides is 1. The maximum Gasteiger partial charge on any atom is 0.278 e. The molecule has 0 bridgehead atoms. The summed E-state index contributed by atoms with van der Waals surface area (Å²) in [4.78, 5) is 29.6. The van der Waals surface area contributed by atoms with Crippen molar-refractivity contribution in [2.45, 2.75) is 0 Å². The van der Waals surface area contributed by atoms with Gasteiger partial charge in [-0.1, -0.05) is 18.2 Å². The number of nitrogens with zero attached hydrogens (tertiary/aromatic N) is 3. The Morgan fingerprint density at radius 2 is 1.80 bits per heavy atom. The summed E-state index contributed by atoms with van der Waals surface area (Å²) in [5, 5.41) is 10.1. The first-order chi connectivity index (χ1) is 14.5. The second kappa shape index (κ2) is 7.96. The number of fused-ring (bicyclic) bond motifs is 1.